The van der Waals surface area contributed by atoms with Crippen molar-refractivity contribution in [1.82, 2.24) is 19.4 Å². The van der Waals surface area contributed by atoms with E-state index >= 15 is 0 Å². The summed E-state index contributed by atoms with van der Waals surface area (Å²) in [5.74, 6) is -0.228. The maximum absolute atomic E-state index is 12.8. The van der Waals surface area contributed by atoms with Crippen LogP contribution in [0, 0.1) is 6.92 Å². The summed E-state index contributed by atoms with van der Waals surface area (Å²) >= 11 is 0. The number of aryl methyl sites for hydroxylation is 1. The molecule has 1 fully saturated rings. The molecule has 1 saturated heterocycles. The van der Waals surface area contributed by atoms with Crippen LogP contribution >= 0.6 is 0 Å². The Morgan fingerprint density at radius 1 is 1.32 bits per heavy atom. The molecule has 0 unspecified atom stereocenters. The Morgan fingerprint density at radius 2 is 2.14 bits per heavy atom. The Morgan fingerprint density at radius 3 is 2.86 bits per heavy atom. The van der Waals surface area contributed by atoms with Crippen LogP contribution in [-0.2, 0) is 7.05 Å². The Hall–Kier alpha value is -2.50. The second kappa shape index (κ2) is 5.71. The van der Waals surface area contributed by atoms with Crippen molar-refractivity contribution < 1.29 is 4.79 Å². The zero-order valence-electron chi connectivity index (χ0n) is 12.7. The molecule has 114 valence electrons. The smallest absolute Gasteiger partial charge is 0.263 e. The monoisotopic (exact) mass is 298 g/mol. The lowest BCUT2D eigenvalue weighted by Gasteiger charge is -2.24. The quantitative estimate of drug-likeness (QED) is 0.842. The third-order valence-electron chi connectivity index (χ3n) is 4.22. The molecule has 0 N–H and O–H groups in total. The first kappa shape index (κ1) is 14.4. The van der Waals surface area contributed by atoms with E-state index in [1.165, 1.54) is 4.57 Å². The summed E-state index contributed by atoms with van der Waals surface area (Å²) in [6.45, 7) is 2.48. The first-order valence-electron chi connectivity index (χ1n) is 7.33. The minimum absolute atomic E-state index is 0.104. The van der Waals surface area contributed by atoms with Gasteiger partial charge in [-0.25, -0.2) is 0 Å². The Bertz CT molecular complexity index is 754. The molecular formula is C16H18N4O2. The Kier molecular flexibility index (Phi) is 3.75. The zero-order valence-corrected chi connectivity index (χ0v) is 12.7. The number of carbonyl (C=O) groups is 1. The molecular weight excluding hydrogens is 280 g/mol. The summed E-state index contributed by atoms with van der Waals surface area (Å²) in [6.07, 6.45) is 6.67. The molecule has 0 aliphatic carbocycles. The number of hydrogen-bond donors (Lipinski definition) is 0. The van der Waals surface area contributed by atoms with Gasteiger partial charge in [0.1, 0.15) is 5.56 Å². The van der Waals surface area contributed by atoms with Gasteiger partial charge in [0, 0.05) is 31.7 Å². The lowest BCUT2D eigenvalue weighted by Crippen LogP contribution is -2.36. The highest BCUT2D eigenvalue weighted by atomic mass is 16.2. The predicted octanol–water partition coefficient (Wildman–Crippen LogP) is 1.46. The van der Waals surface area contributed by atoms with Gasteiger partial charge in [-0.2, -0.15) is 0 Å². The minimum atomic E-state index is -0.255. The van der Waals surface area contributed by atoms with Crippen molar-refractivity contribution in [3.63, 3.8) is 0 Å². The van der Waals surface area contributed by atoms with Crippen LogP contribution in [0.3, 0.4) is 0 Å². The first-order valence-corrected chi connectivity index (χ1v) is 7.33. The number of carbonyl (C=O) groups excluding carboxylic acids is 1. The normalized spacial score (nSPS) is 17.7. The number of likely N-dealkylation sites (tertiary alicyclic amines) is 1. The summed E-state index contributed by atoms with van der Waals surface area (Å²) in [6, 6.07) is 3.31. The van der Waals surface area contributed by atoms with Crippen molar-refractivity contribution >= 4 is 5.91 Å². The van der Waals surface area contributed by atoms with Crippen molar-refractivity contribution in [2.75, 3.05) is 6.54 Å². The Balaban J connectivity index is 1.95. The van der Waals surface area contributed by atoms with Gasteiger partial charge in [-0.3, -0.25) is 19.6 Å². The average molecular weight is 298 g/mol. The van der Waals surface area contributed by atoms with Crippen LogP contribution in [0.25, 0.3) is 0 Å². The van der Waals surface area contributed by atoms with E-state index in [0.717, 1.165) is 24.2 Å². The molecule has 2 aromatic heterocycles. The van der Waals surface area contributed by atoms with Crippen LogP contribution in [-0.4, -0.2) is 31.9 Å². The van der Waals surface area contributed by atoms with E-state index in [9.17, 15) is 9.59 Å². The van der Waals surface area contributed by atoms with Crippen LogP contribution in [0.2, 0.25) is 0 Å². The van der Waals surface area contributed by atoms with Gasteiger partial charge >= 0.3 is 0 Å². The van der Waals surface area contributed by atoms with E-state index in [2.05, 4.69) is 9.97 Å². The van der Waals surface area contributed by atoms with Gasteiger partial charge in [-0.1, -0.05) is 0 Å². The topological polar surface area (TPSA) is 68.1 Å². The fourth-order valence-electron chi connectivity index (χ4n) is 2.85. The van der Waals surface area contributed by atoms with Crippen molar-refractivity contribution in [3.05, 3.63) is 58.0 Å². The van der Waals surface area contributed by atoms with Gasteiger partial charge < -0.3 is 9.47 Å². The van der Waals surface area contributed by atoms with Crippen LogP contribution in [0.5, 0.6) is 0 Å². The standard InChI is InChI=1S/C16H18N4O2/c1-11-5-6-12(15(21)19(11)2)16(22)20-9-3-4-14(20)13-10-17-7-8-18-13/h5-8,10,14H,3-4,9H2,1-2H3/t14-/m0/s1. The van der Waals surface area contributed by atoms with E-state index in [0.29, 0.717) is 6.54 Å². The molecule has 22 heavy (non-hydrogen) atoms. The lowest BCUT2D eigenvalue weighted by molar-refractivity contribution is 0.0730. The third kappa shape index (κ3) is 2.41. The van der Waals surface area contributed by atoms with Crippen molar-refractivity contribution in [2.45, 2.75) is 25.8 Å². The molecule has 1 atom stereocenters. The van der Waals surface area contributed by atoms with Gasteiger partial charge in [0.25, 0.3) is 11.5 Å². The van der Waals surface area contributed by atoms with E-state index in [4.69, 9.17) is 0 Å². The highest BCUT2D eigenvalue weighted by Gasteiger charge is 2.32. The van der Waals surface area contributed by atoms with Crippen LogP contribution in [0.1, 0.15) is 40.6 Å². The SMILES string of the molecule is Cc1ccc(C(=O)N2CCC[C@H]2c2cnccn2)c(=O)n1C. The summed E-state index contributed by atoms with van der Waals surface area (Å²) in [5.41, 5.74) is 1.56. The molecule has 0 aromatic carbocycles. The Labute approximate surface area is 128 Å². The zero-order chi connectivity index (χ0) is 15.7. The molecule has 1 aliphatic heterocycles. The summed E-state index contributed by atoms with van der Waals surface area (Å²) in [5, 5.41) is 0. The highest BCUT2D eigenvalue weighted by Crippen LogP contribution is 2.31. The van der Waals surface area contributed by atoms with Crippen LogP contribution < -0.4 is 5.56 Å². The number of rotatable bonds is 2. The molecule has 1 amide bonds. The van der Waals surface area contributed by atoms with Gasteiger partial charge in [-0.05, 0) is 31.9 Å². The summed E-state index contributed by atoms with van der Waals surface area (Å²) < 4.78 is 1.50. The number of aromatic nitrogens is 3. The van der Waals surface area contributed by atoms with Gasteiger partial charge in [0.2, 0.25) is 0 Å². The fourth-order valence-corrected chi connectivity index (χ4v) is 2.85. The molecule has 2 aromatic rings. The highest BCUT2D eigenvalue weighted by molar-refractivity contribution is 5.94. The second-order valence-corrected chi connectivity index (χ2v) is 5.54. The number of amides is 1. The van der Waals surface area contributed by atoms with Gasteiger partial charge in [0.15, 0.2) is 0 Å². The third-order valence-corrected chi connectivity index (χ3v) is 4.22. The molecule has 0 spiro atoms. The van der Waals surface area contributed by atoms with Crippen molar-refractivity contribution in [3.8, 4) is 0 Å². The van der Waals surface area contributed by atoms with Crippen LogP contribution in [0.15, 0.2) is 35.5 Å². The van der Waals surface area contributed by atoms with E-state index < -0.39 is 0 Å². The number of hydrogen-bond acceptors (Lipinski definition) is 4. The maximum Gasteiger partial charge on any atom is 0.263 e. The van der Waals surface area contributed by atoms with Crippen molar-refractivity contribution in [2.24, 2.45) is 7.05 Å². The molecule has 6 nitrogen and oxygen atoms in total. The molecule has 0 radical (unpaired) electrons. The largest absolute Gasteiger partial charge is 0.330 e. The summed E-state index contributed by atoms with van der Waals surface area (Å²) in [4.78, 5) is 35.2. The molecule has 3 rings (SSSR count). The molecule has 6 heteroatoms. The average Bonchev–Trinajstić information content (AvgIpc) is 3.03. The molecule has 0 saturated carbocycles. The van der Waals surface area contributed by atoms with Crippen LogP contribution in [0.4, 0.5) is 0 Å². The number of pyridine rings is 1. The predicted molar refractivity (Wildman–Crippen MR) is 81.5 cm³/mol. The van der Waals surface area contributed by atoms with Gasteiger partial charge in [-0.15, -0.1) is 0 Å². The fraction of sp³-hybridized carbons (Fsp3) is 0.375. The van der Waals surface area contributed by atoms with Crippen molar-refractivity contribution in [1.29, 1.82) is 0 Å². The molecule has 3 heterocycles. The van der Waals surface area contributed by atoms with E-state index in [1.807, 2.05) is 6.92 Å². The van der Waals surface area contributed by atoms with E-state index in [-0.39, 0.29) is 23.1 Å². The van der Waals surface area contributed by atoms with E-state index in [1.54, 1.807) is 42.7 Å². The molecule has 0 bridgehead atoms. The maximum atomic E-state index is 12.8. The van der Waals surface area contributed by atoms with Gasteiger partial charge in [0.05, 0.1) is 17.9 Å². The second-order valence-electron chi connectivity index (χ2n) is 5.54. The first-order chi connectivity index (χ1) is 10.6. The molecule has 1 aliphatic rings. The number of nitrogens with zero attached hydrogens (tertiary/aromatic N) is 4. The lowest BCUT2D eigenvalue weighted by atomic mass is 10.1. The summed E-state index contributed by atoms with van der Waals surface area (Å²) in [7, 11) is 1.68. The minimum Gasteiger partial charge on any atom is -0.330 e.